The molecule has 3 rings (SSSR count). The number of piperazine rings is 1. The molecule has 0 bridgehead atoms. The van der Waals surface area contributed by atoms with Crippen LogP contribution in [-0.4, -0.2) is 45.2 Å². The lowest BCUT2D eigenvalue weighted by molar-refractivity contribution is 0.0633. The van der Waals surface area contributed by atoms with Gasteiger partial charge in [0.25, 0.3) is 5.91 Å². The number of amides is 1. The Morgan fingerprint density at radius 3 is 2.91 bits per heavy atom. The Morgan fingerprint density at radius 1 is 1.45 bits per heavy atom. The van der Waals surface area contributed by atoms with E-state index in [4.69, 9.17) is 0 Å². The fraction of sp³-hybridized carbons (Fsp3) is 0.400. The summed E-state index contributed by atoms with van der Waals surface area (Å²) in [7, 11) is 1.83. The molecule has 0 aromatic carbocycles. The number of aromatic nitrogens is 3. The number of hydrogen-bond donors (Lipinski definition) is 1. The zero-order valence-electron chi connectivity index (χ0n) is 12.7. The van der Waals surface area contributed by atoms with Crippen LogP contribution in [0, 0.1) is 6.92 Å². The molecule has 0 spiro atoms. The van der Waals surface area contributed by atoms with E-state index in [1.165, 1.54) is 0 Å². The Bertz CT molecular complexity index is 643. The highest BCUT2D eigenvalue weighted by atomic mass is 35.5. The van der Waals surface area contributed by atoms with Crippen molar-refractivity contribution in [2.24, 2.45) is 7.05 Å². The Hall–Kier alpha value is -1.92. The van der Waals surface area contributed by atoms with Crippen molar-refractivity contribution < 1.29 is 4.79 Å². The molecule has 1 N–H and O–H groups in total. The van der Waals surface area contributed by atoms with Gasteiger partial charge in [0.05, 0.1) is 17.3 Å². The summed E-state index contributed by atoms with van der Waals surface area (Å²) in [6.07, 6.45) is 5.37. The summed E-state index contributed by atoms with van der Waals surface area (Å²) in [6.45, 7) is 4.11. The van der Waals surface area contributed by atoms with Gasteiger partial charge in [0, 0.05) is 45.3 Å². The fourth-order valence-corrected chi connectivity index (χ4v) is 2.78. The van der Waals surface area contributed by atoms with Gasteiger partial charge in [-0.15, -0.1) is 12.4 Å². The Labute approximate surface area is 135 Å². The number of rotatable bonds is 2. The van der Waals surface area contributed by atoms with Crippen LogP contribution in [0.15, 0.2) is 30.7 Å². The first-order valence-electron chi connectivity index (χ1n) is 7.08. The second kappa shape index (κ2) is 6.89. The summed E-state index contributed by atoms with van der Waals surface area (Å²) in [5.41, 5.74) is 2.50. The molecule has 3 heterocycles. The third kappa shape index (κ3) is 3.13. The van der Waals surface area contributed by atoms with Crippen LogP contribution in [0.3, 0.4) is 0 Å². The first kappa shape index (κ1) is 16.5. The van der Waals surface area contributed by atoms with Gasteiger partial charge < -0.3 is 10.2 Å². The predicted octanol–water partition coefficient (Wildman–Crippen LogP) is 1.33. The molecule has 22 heavy (non-hydrogen) atoms. The van der Waals surface area contributed by atoms with Crippen molar-refractivity contribution in [3.63, 3.8) is 0 Å². The number of nitrogens with one attached hydrogen (secondary N) is 1. The van der Waals surface area contributed by atoms with Gasteiger partial charge >= 0.3 is 0 Å². The Kier molecular flexibility index (Phi) is 5.15. The van der Waals surface area contributed by atoms with Gasteiger partial charge in [0.1, 0.15) is 0 Å². The van der Waals surface area contributed by atoms with Crippen LogP contribution in [0.4, 0.5) is 0 Å². The first-order valence-corrected chi connectivity index (χ1v) is 7.08. The van der Waals surface area contributed by atoms with Crippen molar-refractivity contribution in [3.05, 3.63) is 47.5 Å². The van der Waals surface area contributed by atoms with E-state index in [9.17, 15) is 4.79 Å². The number of hydrogen-bond acceptors (Lipinski definition) is 4. The summed E-state index contributed by atoms with van der Waals surface area (Å²) < 4.78 is 1.68. The average molecular weight is 322 g/mol. The topological polar surface area (TPSA) is 63.1 Å². The van der Waals surface area contributed by atoms with Crippen LogP contribution in [0.1, 0.15) is 27.7 Å². The number of nitrogens with zero attached hydrogens (tertiary/aromatic N) is 4. The molecular weight excluding hydrogens is 302 g/mol. The van der Waals surface area contributed by atoms with Gasteiger partial charge in [0.2, 0.25) is 0 Å². The standard InChI is InChI=1S/C15H19N5O.ClH/c1-11-13(10-19(2)18-11)15(21)20-7-6-17-9-14(20)12-4-3-5-16-8-12;/h3-5,8,10,14,17H,6-7,9H2,1-2H3;1H. The number of pyridine rings is 1. The highest BCUT2D eigenvalue weighted by molar-refractivity contribution is 5.95. The van der Waals surface area contributed by atoms with E-state index in [0.29, 0.717) is 12.1 Å². The van der Waals surface area contributed by atoms with E-state index in [1.54, 1.807) is 17.1 Å². The molecule has 1 fully saturated rings. The molecule has 0 aliphatic carbocycles. The highest BCUT2D eigenvalue weighted by Gasteiger charge is 2.30. The molecule has 1 unspecified atom stereocenters. The number of carbonyl (C=O) groups excluding carboxylic acids is 1. The van der Waals surface area contributed by atoms with Crippen LogP contribution in [0.5, 0.6) is 0 Å². The maximum absolute atomic E-state index is 12.8. The second-order valence-electron chi connectivity index (χ2n) is 5.31. The van der Waals surface area contributed by atoms with Crippen LogP contribution >= 0.6 is 12.4 Å². The molecule has 1 amide bonds. The second-order valence-corrected chi connectivity index (χ2v) is 5.31. The quantitative estimate of drug-likeness (QED) is 0.906. The van der Waals surface area contributed by atoms with E-state index >= 15 is 0 Å². The van der Waals surface area contributed by atoms with Gasteiger partial charge in [0.15, 0.2) is 0 Å². The van der Waals surface area contributed by atoms with Gasteiger partial charge in [-0.3, -0.25) is 14.5 Å². The third-order valence-electron chi connectivity index (χ3n) is 3.82. The lowest BCUT2D eigenvalue weighted by atomic mass is 10.0. The molecule has 1 saturated heterocycles. The smallest absolute Gasteiger partial charge is 0.257 e. The minimum absolute atomic E-state index is 0. The lowest BCUT2D eigenvalue weighted by Gasteiger charge is -2.36. The monoisotopic (exact) mass is 321 g/mol. The minimum atomic E-state index is 0. The predicted molar refractivity (Wildman–Crippen MR) is 86.1 cm³/mol. The normalized spacial score (nSPS) is 17.9. The SMILES string of the molecule is Cc1nn(C)cc1C(=O)N1CCNCC1c1cccnc1.Cl. The van der Waals surface area contributed by atoms with Gasteiger partial charge in [-0.05, 0) is 18.6 Å². The molecule has 0 saturated carbocycles. The molecule has 1 aliphatic heterocycles. The van der Waals surface area contributed by atoms with E-state index in [2.05, 4.69) is 15.4 Å². The highest BCUT2D eigenvalue weighted by Crippen LogP contribution is 2.24. The van der Waals surface area contributed by atoms with E-state index in [0.717, 1.165) is 24.3 Å². The maximum atomic E-state index is 12.8. The van der Waals surface area contributed by atoms with Crippen LogP contribution in [0.2, 0.25) is 0 Å². The van der Waals surface area contributed by atoms with Crippen LogP contribution in [0.25, 0.3) is 0 Å². The lowest BCUT2D eigenvalue weighted by Crippen LogP contribution is -2.48. The van der Waals surface area contributed by atoms with Crippen molar-refractivity contribution >= 4 is 18.3 Å². The van der Waals surface area contributed by atoms with Crippen molar-refractivity contribution in [2.45, 2.75) is 13.0 Å². The zero-order chi connectivity index (χ0) is 14.8. The zero-order valence-corrected chi connectivity index (χ0v) is 13.5. The van der Waals surface area contributed by atoms with Crippen LogP contribution in [-0.2, 0) is 7.05 Å². The number of carbonyl (C=O) groups is 1. The van der Waals surface area contributed by atoms with Gasteiger partial charge in [-0.2, -0.15) is 5.10 Å². The number of halogens is 1. The molecule has 118 valence electrons. The van der Waals surface area contributed by atoms with Gasteiger partial charge in [-0.1, -0.05) is 6.07 Å². The minimum Gasteiger partial charge on any atom is -0.329 e. The molecule has 6 nitrogen and oxygen atoms in total. The first-order chi connectivity index (χ1) is 10.2. The van der Waals surface area contributed by atoms with E-state index in [1.807, 2.05) is 37.2 Å². The van der Waals surface area contributed by atoms with E-state index in [-0.39, 0.29) is 24.4 Å². The largest absolute Gasteiger partial charge is 0.329 e. The van der Waals surface area contributed by atoms with Crippen LogP contribution < -0.4 is 5.32 Å². The van der Waals surface area contributed by atoms with E-state index < -0.39 is 0 Å². The Balaban J connectivity index is 0.00000176. The molecule has 2 aromatic rings. The summed E-state index contributed by atoms with van der Waals surface area (Å²) >= 11 is 0. The molecule has 0 radical (unpaired) electrons. The maximum Gasteiger partial charge on any atom is 0.257 e. The summed E-state index contributed by atoms with van der Waals surface area (Å²) in [4.78, 5) is 18.9. The molecule has 7 heteroatoms. The summed E-state index contributed by atoms with van der Waals surface area (Å²) in [6, 6.07) is 3.93. The number of aryl methyl sites for hydroxylation is 2. The summed E-state index contributed by atoms with van der Waals surface area (Å²) in [5.74, 6) is 0.0379. The van der Waals surface area contributed by atoms with Gasteiger partial charge in [-0.25, -0.2) is 0 Å². The van der Waals surface area contributed by atoms with Crippen molar-refractivity contribution in [1.29, 1.82) is 0 Å². The summed E-state index contributed by atoms with van der Waals surface area (Å²) in [5, 5.41) is 7.61. The molecular formula is C15H20ClN5O. The Morgan fingerprint density at radius 2 is 2.27 bits per heavy atom. The van der Waals surface area contributed by atoms with Crippen molar-refractivity contribution in [1.82, 2.24) is 25.0 Å². The third-order valence-corrected chi connectivity index (χ3v) is 3.82. The van der Waals surface area contributed by atoms with Crippen molar-refractivity contribution in [3.8, 4) is 0 Å². The fourth-order valence-electron chi connectivity index (χ4n) is 2.78. The average Bonchev–Trinajstić information content (AvgIpc) is 2.86. The molecule has 1 atom stereocenters. The van der Waals surface area contributed by atoms with Crippen molar-refractivity contribution in [2.75, 3.05) is 19.6 Å². The molecule has 2 aromatic heterocycles. The molecule has 1 aliphatic rings.